The van der Waals surface area contributed by atoms with Crippen LogP contribution in [0.15, 0.2) is 0 Å². The van der Waals surface area contributed by atoms with Crippen molar-refractivity contribution in [2.24, 2.45) is 0 Å². The Balaban J connectivity index is 0.000000323. The molecule has 2 aliphatic heterocycles. The van der Waals surface area contributed by atoms with Gasteiger partial charge in [0.25, 0.3) is 20.2 Å². The van der Waals surface area contributed by atoms with Gasteiger partial charge < -0.3 is 15.3 Å². The lowest BCUT2D eigenvalue weighted by Gasteiger charge is -2.35. The first-order valence-electron chi connectivity index (χ1n) is 10.6. The highest BCUT2D eigenvalue weighted by atomic mass is 32.2. The second kappa shape index (κ2) is 14.7. The first kappa shape index (κ1) is 29.6. The summed E-state index contributed by atoms with van der Waals surface area (Å²) in [7, 11) is -7.96. The molecule has 13 nitrogen and oxygen atoms in total. The predicted octanol–water partition coefficient (Wildman–Crippen LogP) is -3.67. The van der Waals surface area contributed by atoms with Gasteiger partial charge in [-0.25, -0.2) is 0 Å². The summed E-state index contributed by atoms with van der Waals surface area (Å²) in [6, 6.07) is 0. The van der Waals surface area contributed by atoms with E-state index in [1.54, 1.807) is 0 Å². The molecule has 5 N–H and O–H groups in total. The molecule has 2 aliphatic rings. The molecule has 15 heteroatoms. The zero-order valence-electron chi connectivity index (χ0n) is 18.4. The molecule has 1 unspecified atom stereocenters. The van der Waals surface area contributed by atoms with Crippen LogP contribution in [0.3, 0.4) is 0 Å². The van der Waals surface area contributed by atoms with Crippen LogP contribution in [-0.4, -0.2) is 170 Å². The highest BCUT2D eigenvalue weighted by Crippen LogP contribution is 2.03. The first-order valence-corrected chi connectivity index (χ1v) is 13.8. The molecule has 0 aromatic carbocycles. The third kappa shape index (κ3) is 14.6. The number of piperazine rings is 2. The molecule has 2 fully saturated rings. The molecule has 2 rings (SSSR count). The van der Waals surface area contributed by atoms with Crippen molar-refractivity contribution in [3.8, 4) is 0 Å². The molecule has 192 valence electrons. The molecule has 1 atom stereocenters. The van der Waals surface area contributed by atoms with Crippen LogP contribution < -0.4 is 0 Å². The van der Waals surface area contributed by atoms with Gasteiger partial charge in [0.05, 0.1) is 25.1 Å². The second-order valence-electron chi connectivity index (χ2n) is 7.96. The minimum Gasteiger partial charge on any atom is -0.395 e. The van der Waals surface area contributed by atoms with E-state index in [4.69, 9.17) is 19.3 Å². The minimum absolute atomic E-state index is 0.130. The summed E-state index contributed by atoms with van der Waals surface area (Å²) < 4.78 is 59.3. The van der Waals surface area contributed by atoms with Crippen LogP contribution in [0.1, 0.15) is 0 Å². The lowest BCUT2D eigenvalue weighted by molar-refractivity contribution is 0.0737. The molecule has 2 saturated heterocycles. The van der Waals surface area contributed by atoms with Gasteiger partial charge >= 0.3 is 0 Å². The standard InChI is InChI=1S/C9H20N2O5S.C8H18N2O4S/c12-6-5-10-1-3-11(4-2-10)7-9(13)8-17(14,15)16;11-7-5-9-1-3-10(4-2-9)6-8-15(12,13)14/h9,12-13H,1-8H2,(H,14,15,16);11H,1-8H2,(H,12,13,14). The Hall–Kier alpha value is -0.460. The van der Waals surface area contributed by atoms with Gasteiger partial charge in [0.1, 0.15) is 5.75 Å². The predicted molar refractivity (Wildman–Crippen MR) is 119 cm³/mol. The number of nitrogens with zero attached hydrogens (tertiary/aromatic N) is 4. The average Bonchev–Trinajstić information content (AvgIpc) is 2.68. The van der Waals surface area contributed by atoms with Crippen molar-refractivity contribution in [2.45, 2.75) is 6.10 Å². The maximum absolute atomic E-state index is 10.6. The van der Waals surface area contributed by atoms with E-state index < -0.39 is 32.1 Å². The second-order valence-corrected chi connectivity index (χ2v) is 11.0. The van der Waals surface area contributed by atoms with E-state index in [9.17, 15) is 21.9 Å². The monoisotopic (exact) mass is 506 g/mol. The van der Waals surface area contributed by atoms with Gasteiger partial charge in [-0.3, -0.25) is 28.7 Å². The highest BCUT2D eigenvalue weighted by molar-refractivity contribution is 7.86. The Morgan fingerprint density at radius 3 is 1.34 bits per heavy atom. The van der Waals surface area contributed by atoms with Crippen molar-refractivity contribution in [3.63, 3.8) is 0 Å². The van der Waals surface area contributed by atoms with Crippen molar-refractivity contribution in [3.05, 3.63) is 0 Å². The van der Waals surface area contributed by atoms with Crippen LogP contribution in [0.25, 0.3) is 0 Å². The molecular weight excluding hydrogens is 468 g/mol. The molecule has 32 heavy (non-hydrogen) atoms. The van der Waals surface area contributed by atoms with Crippen molar-refractivity contribution < 1.29 is 41.3 Å². The quantitative estimate of drug-likeness (QED) is 0.173. The number of aliphatic hydroxyl groups is 3. The Kier molecular flexibility index (Phi) is 13.6. The molecule has 0 saturated carbocycles. The SMILES string of the molecule is O=S(=O)(O)CC(O)CN1CCN(CCO)CC1.O=S(=O)(O)CCN1CCN(CCO)CC1. The summed E-state index contributed by atoms with van der Waals surface area (Å²) in [6.07, 6.45) is -1.06. The smallest absolute Gasteiger partial charge is 0.267 e. The van der Waals surface area contributed by atoms with Crippen LogP contribution in [0.5, 0.6) is 0 Å². The molecule has 0 aliphatic carbocycles. The molecule has 0 aromatic rings. The van der Waals surface area contributed by atoms with E-state index in [0.717, 1.165) is 52.4 Å². The molecule has 2 heterocycles. The fourth-order valence-electron chi connectivity index (χ4n) is 3.55. The maximum atomic E-state index is 10.6. The number of hydrogen-bond donors (Lipinski definition) is 5. The van der Waals surface area contributed by atoms with E-state index in [2.05, 4.69) is 9.80 Å². The Labute approximate surface area is 190 Å². The Morgan fingerprint density at radius 1 is 0.625 bits per heavy atom. The zero-order valence-corrected chi connectivity index (χ0v) is 20.0. The van der Waals surface area contributed by atoms with Crippen molar-refractivity contribution in [1.29, 1.82) is 0 Å². The normalized spacial score (nSPS) is 21.2. The molecule has 0 radical (unpaired) electrons. The minimum atomic E-state index is -4.11. The lowest BCUT2D eigenvalue weighted by atomic mass is 10.3. The number of aliphatic hydroxyl groups excluding tert-OH is 3. The third-order valence-corrected chi connectivity index (χ3v) is 6.80. The van der Waals surface area contributed by atoms with Gasteiger partial charge in [-0.05, 0) is 0 Å². The van der Waals surface area contributed by atoms with Gasteiger partial charge in [0.2, 0.25) is 0 Å². The van der Waals surface area contributed by atoms with E-state index in [-0.39, 0.29) is 25.5 Å². The van der Waals surface area contributed by atoms with Gasteiger partial charge in [-0.2, -0.15) is 16.8 Å². The molecular formula is C17H38N4O9S2. The van der Waals surface area contributed by atoms with Gasteiger partial charge in [-0.1, -0.05) is 0 Å². The number of rotatable bonds is 11. The molecule has 0 bridgehead atoms. The van der Waals surface area contributed by atoms with Crippen LogP contribution in [-0.2, 0) is 20.2 Å². The average molecular weight is 507 g/mol. The van der Waals surface area contributed by atoms with Crippen molar-refractivity contribution >= 4 is 20.2 Å². The first-order chi connectivity index (χ1) is 14.9. The fourth-order valence-corrected chi connectivity index (χ4v) is 4.63. The van der Waals surface area contributed by atoms with Gasteiger partial charge in [0, 0.05) is 78.5 Å². The lowest BCUT2D eigenvalue weighted by Crippen LogP contribution is -2.49. The van der Waals surface area contributed by atoms with E-state index in [0.29, 0.717) is 19.6 Å². The van der Waals surface area contributed by atoms with E-state index in [1.807, 2.05) is 9.80 Å². The van der Waals surface area contributed by atoms with Gasteiger partial charge in [-0.15, -0.1) is 0 Å². The Bertz CT molecular complexity index is 708. The van der Waals surface area contributed by atoms with Crippen LogP contribution in [0.4, 0.5) is 0 Å². The summed E-state index contributed by atoms with van der Waals surface area (Å²) >= 11 is 0. The summed E-state index contributed by atoms with van der Waals surface area (Å²) in [5, 5.41) is 27.0. The zero-order chi connectivity index (χ0) is 24.2. The fraction of sp³-hybridized carbons (Fsp3) is 1.00. The molecule has 0 spiro atoms. The summed E-state index contributed by atoms with van der Waals surface area (Å²) in [4.78, 5) is 8.18. The maximum Gasteiger partial charge on any atom is 0.267 e. The summed E-state index contributed by atoms with van der Waals surface area (Å²) in [5.41, 5.74) is 0. The van der Waals surface area contributed by atoms with Crippen LogP contribution >= 0.6 is 0 Å². The topological polar surface area (TPSA) is 182 Å². The third-order valence-electron chi connectivity index (χ3n) is 5.30. The highest BCUT2D eigenvalue weighted by Gasteiger charge is 2.21. The number of β-amino-alcohol motifs (C(OH)–C–C–N with tert-alkyl or cyclic N) is 3. The number of hydrogen-bond acceptors (Lipinski definition) is 11. The molecule has 0 amide bonds. The Morgan fingerprint density at radius 2 is 1.00 bits per heavy atom. The van der Waals surface area contributed by atoms with E-state index >= 15 is 0 Å². The van der Waals surface area contributed by atoms with Crippen molar-refractivity contribution in [2.75, 3.05) is 103 Å². The van der Waals surface area contributed by atoms with E-state index in [1.165, 1.54) is 0 Å². The van der Waals surface area contributed by atoms with Crippen LogP contribution in [0, 0.1) is 0 Å². The summed E-state index contributed by atoms with van der Waals surface area (Å²) in [5.74, 6) is -0.823. The largest absolute Gasteiger partial charge is 0.395 e. The van der Waals surface area contributed by atoms with Crippen molar-refractivity contribution in [1.82, 2.24) is 19.6 Å². The van der Waals surface area contributed by atoms with Gasteiger partial charge in [0.15, 0.2) is 0 Å². The molecule has 0 aromatic heterocycles. The van der Waals surface area contributed by atoms with Crippen LogP contribution in [0.2, 0.25) is 0 Å². The summed E-state index contributed by atoms with van der Waals surface area (Å²) in [6.45, 7) is 8.51.